The van der Waals surface area contributed by atoms with Gasteiger partial charge in [-0.05, 0) is 86.1 Å². The molecule has 0 radical (unpaired) electrons. The molecule has 2 saturated carbocycles. The lowest BCUT2D eigenvalue weighted by molar-refractivity contribution is 0.356. The number of fused-ring (bicyclic) bond motifs is 9. The van der Waals surface area contributed by atoms with Gasteiger partial charge in [-0.1, -0.05) is 38.5 Å². The van der Waals surface area contributed by atoms with Crippen molar-refractivity contribution < 1.29 is 0 Å². The van der Waals surface area contributed by atoms with E-state index in [2.05, 4.69) is 34.0 Å². The summed E-state index contributed by atoms with van der Waals surface area (Å²) in [5, 5.41) is 19.3. The van der Waals surface area contributed by atoms with E-state index in [4.69, 9.17) is 13.1 Å². The Balaban J connectivity index is 1.22. The first-order valence-corrected chi connectivity index (χ1v) is 22.8. The average molecular weight is 815 g/mol. The number of rotatable bonds is 4. The lowest BCUT2D eigenvalue weighted by Crippen LogP contribution is -2.33. The van der Waals surface area contributed by atoms with Crippen molar-refractivity contribution >= 4 is 111 Å². The number of nitriles is 2. The van der Waals surface area contributed by atoms with Crippen LogP contribution in [0.15, 0.2) is 20.7 Å². The van der Waals surface area contributed by atoms with E-state index in [1.165, 1.54) is 86.3 Å². The third kappa shape index (κ3) is 5.11. The van der Waals surface area contributed by atoms with E-state index < -0.39 is 0 Å². The first-order chi connectivity index (χ1) is 26.8. The quantitative estimate of drug-likeness (QED) is 0.172. The fraction of sp³-hybridized carbons (Fsp3) is 0.381. The van der Waals surface area contributed by atoms with E-state index >= 15 is 0 Å². The standard InChI is InChI=1S/C42H34N6O2S5/c1-5-47-37(49)29(53-39(47)25(21-43)45-3)19-23-17-27-31(41(23)13-9-7-10-14-41)33-35(51-27)36-34(55-33)32-28(52-36)18-24(42(32)15-11-8-12-16-42)20-30-38(50)48(6-2)40(54-30)26(22-44)46-4/h17-20H,5-16H2,1-2H3/b29-19-,30-20-,39-25-,40-26+. The Kier molecular flexibility index (Phi) is 8.89. The molecule has 8 nitrogen and oxygen atoms in total. The predicted octanol–water partition coefficient (Wildman–Crippen LogP) is 7.93. The van der Waals surface area contributed by atoms with Crippen LogP contribution in [0.25, 0.3) is 64.2 Å². The van der Waals surface area contributed by atoms with Crippen molar-refractivity contribution in [3.05, 3.63) is 94.0 Å². The molecule has 4 aliphatic carbocycles. The minimum absolute atomic E-state index is 0.0423. The molecule has 2 spiro atoms. The molecule has 13 heteroatoms. The van der Waals surface area contributed by atoms with E-state index in [1.54, 1.807) is 9.13 Å². The van der Waals surface area contributed by atoms with Gasteiger partial charge < -0.3 is 9.13 Å². The van der Waals surface area contributed by atoms with Crippen LogP contribution in [0.3, 0.4) is 0 Å². The van der Waals surface area contributed by atoms with Crippen LogP contribution >= 0.6 is 56.7 Å². The van der Waals surface area contributed by atoms with E-state index in [0.717, 1.165) is 51.4 Å². The second kappa shape index (κ2) is 13.6. The molecule has 2 fully saturated rings. The van der Waals surface area contributed by atoms with E-state index in [1.807, 2.05) is 60.0 Å². The summed E-state index contributed by atoms with van der Waals surface area (Å²) in [6, 6.07) is 3.98. The van der Waals surface area contributed by atoms with Crippen LogP contribution in [-0.2, 0) is 23.9 Å². The molecule has 55 heavy (non-hydrogen) atoms. The minimum Gasteiger partial charge on any atom is -0.307 e. The fourth-order valence-electron chi connectivity index (χ4n) is 9.66. The summed E-state index contributed by atoms with van der Waals surface area (Å²) >= 11 is 8.21. The number of allylic oxidation sites excluding steroid dienone is 2. The topological polar surface area (TPSA) is 100 Å². The van der Waals surface area contributed by atoms with Crippen molar-refractivity contribution in [2.24, 2.45) is 0 Å². The number of hydrogen-bond donors (Lipinski definition) is 0. The second-order valence-corrected chi connectivity index (χ2v) is 19.8. The summed E-state index contributed by atoms with van der Waals surface area (Å²) in [4.78, 5) is 36.8. The molecular weight excluding hydrogens is 781 g/mol. The van der Waals surface area contributed by atoms with Crippen molar-refractivity contribution in [3.63, 3.8) is 0 Å². The third-order valence-electron chi connectivity index (χ3n) is 12.1. The molecule has 0 saturated heterocycles. The molecule has 0 amide bonds. The van der Waals surface area contributed by atoms with Crippen molar-refractivity contribution in [1.29, 1.82) is 10.5 Å². The molecule has 5 aromatic rings. The van der Waals surface area contributed by atoms with E-state index in [0.29, 0.717) is 31.5 Å². The highest BCUT2D eigenvalue weighted by Crippen LogP contribution is 2.63. The Morgan fingerprint density at radius 1 is 0.673 bits per heavy atom. The summed E-state index contributed by atoms with van der Waals surface area (Å²) in [7, 11) is 0. The van der Waals surface area contributed by atoms with Crippen LogP contribution in [0.2, 0.25) is 0 Å². The summed E-state index contributed by atoms with van der Waals surface area (Å²) in [5.41, 5.74) is 4.47. The van der Waals surface area contributed by atoms with Crippen LogP contribution in [0.4, 0.5) is 0 Å². The van der Waals surface area contributed by atoms with Crippen LogP contribution < -0.4 is 29.5 Å². The maximum absolute atomic E-state index is 13.7. The normalized spacial score (nSPS) is 19.9. The molecule has 0 unspecified atom stereocenters. The summed E-state index contributed by atoms with van der Waals surface area (Å²) < 4.78 is 10.6. The van der Waals surface area contributed by atoms with Gasteiger partial charge in [0.25, 0.3) is 22.5 Å². The monoisotopic (exact) mass is 814 g/mol. The minimum atomic E-state index is -0.183. The lowest BCUT2D eigenvalue weighted by atomic mass is 9.67. The van der Waals surface area contributed by atoms with E-state index in [-0.39, 0.29) is 33.3 Å². The first-order valence-electron chi connectivity index (χ1n) is 18.7. The van der Waals surface area contributed by atoms with Crippen molar-refractivity contribution in [2.45, 2.75) is 102 Å². The van der Waals surface area contributed by atoms with Gasteiger partial charge in [0, 0.05) is 33.7 Å². The number of aromatic nitrogens is 2. The molecule has 0 bridgehead atoms. The van der Waals surface area contributed by atoms with Gasteiger partial charge in [0.2, 0.25) is 0 Å². The average Bonchev–Trinajstić information content (AvgIpc) is 4.04. The Hall–Kier alpha value is -4.60. The largest absolute Gasteiger partial charge is 0.307 e. The third-order valence-corrected chi connectivity index (χ3v) is 18.3. The highest BCUT2D eigenvalue weighted by atomic mass is 32.1. The van der Waals surface area contributed by atoms with Gasteiger partial charge in [0.05, 0.1) is 53.1 Å². The van der Waals surface area contributed by atoms with Gasteiger partial charge in [-0.25, -0.2) is 20.2 Å². The molecular formula is C42H34N6O2S5. The van der Waals surface area contributed by atoms with Gasteiger partial charge in [0.1, 0.15) is 9.33 Å². The molecule has 5 aromatic heterocycles. The molecule has 4 aliphatic rings. The van der Waals surface area contributed by atoms with Gasteiger partial charge in [-0.2, -0.15) is 0 Å². The molecule has 274 valence electrons. The smallest absolute Gasteiger partial charge is 0.294 e. The fourth-order valence-corrected chi connectivity index (χ4v) is 16.7. The van der Waals surface area contributed by atoms with Gasteiger partial charge in [-0.3, -0.25) is 9.59 Å². The molecule has 5 heterocycles. The van der Waals surface area contributed by atoms with Gasteiger partial charge >= 0.3 is 0 Å². The molecule has 0 aromatic carbocycles. The second-order valence-electron chi connectivity index (χ2n) is 14.7. The van der Waals surface area contributed by atoms with Gasteiger partial charge in [0.15, 0.2) is 0 Å². The maximum Gasteiger partial charge on any atom is 0.294 e. The molecule has 0 atom stereocenters. The van der Waals surface area contributed by atoms with Gasteiger partial charge in [-0.15, -0.1) is 56.7 Å². The molecule has 9 rings (SSSR count). The van der Waals surface area contributed by atoms with Crippen molar-refractivity contribution in [1.82, 2.24) is 9.13 Å². The highest BCUT2D eigenvalue weighted by Gasteiger charge is 2.47. The Bertz CT molecular complexity index is 2890. The zero-order valence-electron chi connectivity index (χ0n) is 30.3. The van der Waals surface area contributed by atoms with Crippen LogP contribution in [0.1, 0.15) is 98.9 Å². The highest BCUT2D eigenvalue weighted by molar-refractivity contribution is 7.39. The molecule has 0 N–H and O–H groups in total. The van der Waals surface area contributed by atoms with Crippen LogP contribution in [0, 0.1) is 35.8 Å². The number of thiazole rings is 2. The van der Waals surface area contributed by atoms with Crippen LogP contribution in [-0.4, -0.2) is 9.13 Å². The van der Waals surface area contributed by atoms with Crippen LogP contribution in [0.5, 0.6) is 0 Å². The number of thiophene rings is 3. The lowest BCUT2D eigenvalue weighted by Gasteiger charge is -2.36. The summed E-state index contributed by atoms with van der Waals surface area (Å²) in [6.45, 7) is 19.6. The molecule has 0 aliphatic heterocycles. The zero-order valence-corrected chi connectivity index (χ0v) is 34.4. The van der Waals surface area contributed by atoms with Crippen molar-refractivity contribution in [2.75, 3.05) is 0 Å². The Morgan fingerprint density at radius 3 is 1.42 bits per heavy atom. The first kappa shape index (κ1) is 36.1. The Morgan fingerprint density at radius 2 is 1.07 bits per heavy atom. The predicted molar refractivity (Wildman–Crippen MR) is 228 cm³/mol. The number of nitrogens with zero attached hydrogens (tertiary/aromatic N) is 6. The van der Waals surface area contributed by atoms with Crippen molar-refractivity contribution in [3.8, 4) is 12.1 Å². The zero-order chi connectivity index (χ0) is 38.2. The Labute approximate surface area is 336 Å². The SMILES string of the molecule is [C-]#[N+]/C(C#N)=c1\s/c(=C\C2=Cc3sc4c(sc5c6c(sc54)C=C(/C=c4\s/c(=C(\C#N)[N+]#[C-])n(CC)c4=O)C64CCCCC4)c3C23CCCCC3)c(=O)n1CC. The summed E-state index contributed by atoms with van der Waals surface area (Å²) in [5.74, 6) is 0. The maximum atomic E-state index is 13.7. The number of hydrogen-bond acceptors (Lipinski definition) is 9. The van der Waals surface area contributed by atoms with E-state index in [9.17, 15) is 20.1 Å². The summed E-state index contributed by atoms with van der Waals surface area (Å²) in [6.07, 6.45) is 19.7.